The van der Waals surface area contributed by atoms with Gasteiger partial charge in [0.05, 0.1) is 18.5 Å². The van der Waals surface area contributed by atoms with Crippen LogP contribution in [0.5, 0.6) is 0 Å². The van der Waals surface area contributed by atoms with E-state index in [4.69, 9.17) is 9.72 Å². The van der Waals surface area contributed by atoms with Crippen LogP contribution in [0.4, 0.5) is 5.82 Å². The maximum absolute atomic E-state index is 12.3. The molecule has 0 saturated carbocycles. The molecule has 0 unspecified atom stereocenters. The standard InChI is InChI=1S/C20H29N5O3S/c1-5-7-21-15(26)12-24-8-10-25(11-9-24)18-16-13(3)17(20(27)28-6-2)29-19(16)23-14(4)22-18/h5-12H2,1-4H3,(H,21,26). The number of thiophene rings is 1. The number of nitrogens with one attached hydrogen (secondary N) is 1. The molecule has 8 nitrogen and oxygen atoms in total. The maximum Gasteiger partial charge on any atom is 0.348 e. The lowest BCUT2D eigenvalue weighted by Gasteiger charge is -2.35. The Hall–Kier alpha value is -2.26. The highest BCUT2D eigenvalue weighted by atomic mass is 32.1. The van der Waals surface area contributed by atoms with Crippen molar-refractivity contribution in [1.29, 1.82) is 0 Å². The lowest BCUT2D eigenvalue weighted by atomic mass is 10.1. The van der Waals surface area contributed by atoms with E-state index in [2.05, 4.69) is 20.1 Å². The Kier molecular flexibility index (Phi) is 7.02. The number of carbonyl (C=O) groups excluding carboxylic acids is 2. The molecule has 0 aromatic carbocycles. The Balaban J connectivity index is 1.78. The third kappa shape index (κ3) is 4.84. The van der Waals surface area contributed by atoms with Crippen LogP contribution in [-0.2, 0) is 9.53 Å². The third-order valence-corrected chi connectivity index (χ3v) is 6.12. The molecule has 1 aliphatic heterocycles. The van der Waals surface area contributed by atoms with Gasteiger partial charge in [0.25, 0.3) is 0 Å². The van der Waals surface area contributed by atoms with Gasteiger partial charge in [-0.1, -0.05) is 6.92 Å². The molecule has 1 amide bonds. The Bertz CT molecular complexity index is 890. The number of aromatic nitrogens is 2. The van der Waals surface area contributed by atoms with E-state index in [1.165, 1.54) is 11.3 Å². The van der Waals surface area contributed by atoms with Crippen LogP contribution in [0.3, 0.4) is 0 Å². The average molecular weight is 420 g/mol. The summed E-state index contributed by atoms with van der Waals surface area (Å²) in [5.74, 6) is 1.32. The minimum absolute atomic E-state index is 0.0772. The average Bonchev–Trinajstić information content (AvgIpc) is 3.03. The van der Waals surface area contributed by atoms with E-state index in [0.717, 1.165) is 60.7 Å². The minimum Gasteiger partial charge on any atom is -0.462 e. The van der Waals surface area contributed by atoms with Gasteiger partial charge in [0, 0.05) is 32.7 Å². The summed E-state index contributed by atoms with van der Waals surface area (Å²) in [6.45, 7) is 12.3. The zero-order chi connectivity index (χ0) is 21.0. The van der Waals surface area contributed by atoms with Crippen LogP contribution in [0.15, 0.2) is 0 Å². The first-order valence-corrected chi connectivity index (χ1v) is 10.9. The molecule has 9 heteroatoms. The highest BCUT2D eigenvalue weighted by molar-refractivity contribution is 7.20. The fourth-order valence-electron chi connectivity index (χ4n) is 3.48. The van der Waals surface area contributed by atoms with Crippen molar-refractivity contribution in [2.24, 2.45) is 0 Å². The number of anilines is 1. The van der Waals surface area contributed by atoms with E-state index in [9.17, 15) is 9.59 Å². The molecule has 1 saturated heterocycles. The number of nitrogens with zero attached hydrogens (tertiary/aromatic N) is 4. The summed E-state index contributed by atoms with van der Waals surface area (Å²) in [5.41, 5.74) is 0.875. The van der Waals surface area contributed by atoms with Gasteiger partial charge in [-0.2, -0.15) is 0 Å². The van der Waals surface area contributed by atoms with Crippen molar-refractivity contribution in [2.75, 3.05) is 50.8 Å². The Morgan fingerprint density at radius 2 is 1.86 bits per heavy atom. The largest absolute Gasteiger partial charge is 0.462 e. The van der Waals surface area contributed by atoms with Gasteiger partial charge < -0.3 is 15.0 Å². The van der Waals surface area contributed by atoms with Gasteiger partial charge >= 0.3 is 5.97 Å². The van der Waals surface area contributed by atoms with Crippen molar-refractivity contribution in [3.63, 3.8) is 0 Å². The number of piperazine rings is 1. The molecule has 0 spiro atoms. The number of fused-ring (bicyclic) bond motifs is 1. The number of rotatable bonds is 7. The molecule has 0 radical (unpaired) electrons. The smallest absolute Gasteiger partial charge is 0.348 e. The Morgan fingerprint density at radius 3 is 2.52 bits per heavy atom. The highest BCUT2D eigenvalue weighted by Gasteiger charge is 2.26. The molecule has 1 aliphatic rings. The molecule has 3 rings (SSSR count). The normalized spacial score (nSPS) is 15.0. The predicted molar refractivity (Wildman–Crippen MR) is 115 cm³/mol. The minimum atomic E-state index is -0.306. The third-order valence-electron chi connectivity index (χ3n) is 4.95. The van der Waals surface area contributed by atoms with Gasteiger partial charge in [0.1, 0.15) is 21.3 Å². The van der Waals surface area contributed by atoms with Crippen LogP contribution in [0.25, 0.3) is 10.2 Å². The fraction of sp³-hybridized carbons (Fsp3) is 0.600. The van der Waals surface area contributed by atoms with Crippen molar-refractivity contribution in [1.82, 2.24) is 20.2 Å². The van der Waals surface area contributed by atoms with E-state index >= 15 is 0 Å². The molecule has 2 aromatic rings. The number of amides is 1. The molecule has 1 N–H and O–H groups in total. The van der Waals surface area contributed by atoms with Crippen LogP contribution >= 0.6 is 11.3 Å². The second-order valence-electron chi connectivity index (χ2n) is 7.16. The van der Waals surface area contributed by atoms with E-state index in [1.54, 1.807) is 6.92 Å². The second kappa shape index (κ2) is 9.49. The molecular formula is C20H29N5O3S. The molecule has 158 valence electrons. The zero-order valence-corrected chi connectivity index (χ0v) is 18.4. The lowest BCUT2D eigenvalue weighted by molar-refractivity contribution is -0.122. The molecule has 0 bridgehead atoms. The summed E-state index contributed by atoms with van der Waals surface area (Å²) >= 11 is 1.37. The molecular weight excluding hydrogens is 390 g/mol. The second-order valence-corrected chi connectivity index (χ2v) is 8.16. The summed E-state index contributed by atoms with van der Waals surface area (Å²) in [4.78, 5) is 39.3. The van der Waals surface area contributed by atoms with E-state index < -0.39 is 0 Å². The molecule has 1 fully saturated rings. The van der Waals surface area contributed by atoms with Crippen LogP contribution < -0.4 is 10.2 Å². The maximum atomic E-state index is 12.3. The first-order valence-electron chi connectivity index (χ1n) is 10.1. The van der Waals surface area contributed by atoms with Crippen molar-refractivity contribution >= 4 is 39.2 Å². The molecule has 3 heterocycles. The van der Waals surface area contributed by atoms with Gasteiger partial charge in [-0.05, 0) is 32.8 Å². The van der Waals surface area contributed by atoms with Gasteiger partial charge in [-0.3, -0.25) is 9.69 Å². The summed E-state index contributed by atoms with van der Waals surface area (Å²) in [7, 11) is 0. The van der Waals surface area contributed by atoms with Crippen molar-refractivity contribution in [3.8, 4) is 0 Å². The van der Waals surface area contributed by atoms with Crippen molar-refractivity contribution in [2.45, 2.75) is 34.1 Å². The van der Waals surface area contributed by atoms with Crippen LogP contribution in [0.1, 0.15) is 41.3 Å². The Morgan fingerprint density at radius 1 is 1.14 bits per heavy atom. The molecule has 2 aromatic heterocycles. The predicted octanol–water partition coefficient (Wildman–Crippen LogP) is 2.13. The van der Waals surface area contributed by atoms with Gasteiger partial charge in [-0.15, -0.1) is 11.3 Å². The zero-order valence-electron chi connectivity index (χ0n) is 17.6. The SMILES string of the molecule is CCCNC(=O)CN1CCN(c2nc(C)nc3sc(C(=O)OCC)c(C)c23)CC1. The number of ether oxygens (including phenoxy) is 1. The molecule has 0 aliphatic carbocycles. The summed E-state index contributed by atoms with van der Waals surface area (Å²) in [5, 5.41) is 3.86. The number of carbonyl (C=O) groups is 2. The summed E-state index contributed by atoms with van der Waals surface area (Å²) in [6, 6.07) is 0. The first kappa shape index (κ1) is 21.4. The number of esters is 1. The number of aryl methyl sites for hydroxylation is 2. The molecule has 29 heavy (non-hydrogen) atoms. The Labute approximate surface area is 175 Å². The highest BCUT2D eigenvalue weighted by Crippen LogP contribution is 2.36. The summed E-state index contributed by atoms with van der Waals surface area (Å²) < 4.78 is 5.20. The number of hydrogen-bond acceptors (Lipinski definition) is 8. The van der Waals surface area contributed by atoms with Crippen molar-refractivity contribution in [3.05, 3.63) is 16.3 Å². The monoisotopic (exact) mass is 419 g/mol. The van der Waals surface area contributed by atoms with E-state index in [-0.39, 0.29) is 11.9 Å². The van der Waals surface area contributed by atoms with Gasteiger partial charge in [0.2, 0.25) is 5.91 Å². The quantitative estimate of drug-likeness (QED) is 0.688. The first-order chi connectivity index (χ1) is 13.9. The van der Waals surface area contributed by atoms with Crippen molar-refractivity contribution < 1.29 is 14.3 Å². The van der Waals surface area contributed by atoms with Crippen LogP contribution in [0, 0.1) is 13.8 Å². The fourth-order valence-corrected chi connectivity index (χ4v) is 4.60. The summed E-state index contributed by atoms with van der Waals surface area (Å²) in [6.07, 6.45) is 0.941. The topological polar surface area (TPSA) is 87.7 Å². The van der Waals surface area contributed by atoms with E-state index in [1.807, 2.05) is 20.8 Å². The van der Waals surface area contributed by atoms with Crippen LogP contribution in [0.2, 0.25) is 0 Å². The number of hydrogen-bond donors (Lipinski definition) is 1. The van der Waals surface area contributed by atoms with Crippen LogP contribution in [-0.4, -0.2) is 72.6 Å². The molecule has 0 atom stereocenters. The van der Waals surface area contributed by atoms with Gasteiger partial charge in [0.15, 0.2) is 0 Å². The lowest BCUT2D eigenvalue weighted by Crippen LogP contribution is -2.49. The van der Waals surface area contributed by atoms with Gasteiger partial charge in [-0.25, -0.2) is 14.8 Å². The van der Waals surface area contributed by atoms with E-state index in [0.29, 0.717) is 23.9 Å².